The third-order valence-corrected chi connectivity index (χ3v) is 7.71. The summed E-state index contributed by atoms with van der Waals surface area (Å²) in [6, 6.07) is 12.9. The summed E-state index contributed by atoms with van der Waals surface area (Å²) in [5.41, 5.74) is 1.08. The summed E-state index contributed by atoms with van der Waals surface area (Å²) in [5, 5.41) is 13.2. The van der Waals surface area contributed by atoms with Gasteiger partial charge in [-0.3, -0.25) is 10.2 Å². The molecule has 0 bridgehead atoms. The predicted molar refractivity (Wildman–Crippen MR) is 162 cm³/mol. The normalized spacial score (nSPS) is 19.5. The summed E-state index contributed by atoms with van der Waals surface area (Å²) in [7, 11) is 1.48. The van der Waals surface area contributed by atoms with E-state index in [9.17, 15) is 19.5 Å². The van der Waals surface area contributed by atoms with Crippen LogP contribution in [0.1, 0.15) is 71.9 Å². The van der Waals surface area contributed by atoms with E-state index < -0.39 is 29.8 Å². The van der Waals surface area contributed by atoms with Gasteiger partial charge in [0.25, 0.3) is 0 Å². The van der Waals surface area contributed by atoms with Gasteiger partial charge in [-0.25, -0.2) is 14.4 Å². The molecule has 0 unspecified atom stereocenters. The van der Waals surface area contributed by atoms with Crippen LogP contribution in [0.3, 0.4) is 0 Å². The maximum absolute atomic E-state index is 13.8. The molecule has 3 rings (SSSR count). The Bertz CT molecular complexity index is 1210. The number of benzene rings is 2. The van der Waals surface area contributed by atoms with E-state index in [0.717, 1.165) is 18.4 Å². The molecule has 1 saturated carbocycles. The van der Waals surface area contributed by atoms with Crippen molar-refractivity contribution in [3.05, 3.63) is 59.7 Å². The first-order valence-electron chi connectivity index (χ1n) is 14.7. The second-order valence-electron chi connectivity index (χ2n) is 12.6. The second-order valence-corrected chi connectivity index (χ2v) is 12.6. The quantitative estimate of drug-likeness (QED) is 0.306. The van der Waals surface area contributed by atoms with E-state index in [-0.39, 0.29) is 30.9 Å². The minimum atomic E-state index is -1.19. The molecule has 0 radical (unpaired) electrons. The standard InChI is InChI=1S/C33H46N2O7/c1-21(2)25-15-13-22(3)17-27(25)35(32(39)41-20-23-11-9-8-10-12-23)28(30(36)37)19-24-14-16-29(40-7)26(18-24)34-31(38)42-33(4,5)6/h8-12,14,16,18,21-22,25,27-28H,13,15,17,19-20H2,1-7H3,(H,34,38)(H,36,37)/t22-,25-,27+,28-/m1/s1. The van der Waals surface area contributed by atoms with Crippen molar-refractivity contribution in [3.8, 4) is 5.75 Å². The fourth-order valence-corrected chi connectivity index (χ4v) is 5.68. The Labute approximate surface area is 249 Å². The number of carbonyl (C=O) groups excluding carboxylic acids is 2. The molecule has 9 nitrogen and oxygen atoms in total. The Balaban J connectivity index is 1.96. The maximum Gasteiger partial charge on any atom is 0.412 e. The number of carboxylic acids is 1. The van der Waals surface area contributed by atoms with Crippen LogP contribution < -0.4 is 10.1 Å². The molecule has 230 valence electrons. The topological polar surface area (TPSA) is 114 Å². The van der Waals surface area contributed by atoms with Gasteiger partial charge < -0.3 is 19.3 Å². The first kappa shape index (κ1) is 32.8. The van der Waals surface area contributed by atoms with Crippen molar-refractivity contribution in [2.45, 2.75) is 91.5 Å². The minimum Gasteiger partial charge on any atom is -0.495 e. The van der Waals surface area contributed by atoms with E-state index in [4.69, 9.17) is 14.2 Å². The number of aliphatic carboxylic acids is 1. The van der Waals surface area contributed by atoms with Crippen LogP contribution in [0.15, 0.2) is 48.5 Å². The van der Waals surface area contributed by atoms with Crippen molar-refractivity contribution >= 4 is 23.8 Å². The van der Waals surface area contributed by atoms with Crippen molar-refractivity contribution in [1.29, 1.82) is 0 Å². The molecule has 4 atom stereocenters. The van der Waals surface area contributed by atoms with Crippen LogP contribution in [0.25, 0.3) is 0 Å². The fourth-order valence-electron chi connectivity index (χ4n) is 5.68. The average Bonchev–Trinajstić information content (AvgIpc) is 2.91. The molecule has 2 amide bonds. The summed E-state index contributed by atoms with van der Waals surface area (Å²) in [6.45, 7) is 11.7. The highest BCUT2D eigenvalue weighted by Gasteiger charge is 2.43. The van der Waals surface area contributed by atoms with Crippen LogP contribution in [0.4, 0.5) is 15.3 Å². The van der Waals surface area contributed by atoms with Gasteiger partial charge in [0.05, 0.1) is 12.8 Å². The molecule has 0 aromatic heterocycles. The number of anilines is 1. The monoisotopic (exact) mass is 582 g/mol. The first-order chi connectivity index (χ1) is 19.8. The van der Waals surface area contributed by atoms with Crippen LogP contribution in [0, 0.1) is 17.8 Å². The molecular weight excluding hydrogens is 536 g/mol. The van der Waals surface area contributed by atoms with Crippen molar-refractivity contribution in [2.75, 3.05) is 12.4 Å². The molecule has 2 aromatic rings. The number of carboxylic acid groups (broad SMARTS) is 1. The number of methoxy groups -OCH3 is 1. The minimum absolute atomic E-state index is 0.0124. The predicted octanol–water partition coefficient (Wildman–Crippen LogP) is 7.14. The zero-order valence-electron chi connectivity index (χ0n) is 25.9. The van der Waals surface area contributed by atoms with Crippen LogP contribution in [0.2, 0.25) is 0 Å². The number of hydrogen-bond acceptors (Lipinski definition) is 6. The molecule has 0 aliphatic heterocycles. The Morgan fingerprint density at radius 3 is 2.33 bits per heavy atom. The summed E-state index contributed by atoms with van der Waals surface area (Å²) >= 11 is 0. The highest BCUT2D eigenvalue weighted by atomic mass is 16.6. The SMILES string of the molecule is COc1ccc(C[C@H](C(=O)O)N(C(=O)OCc2ccccc2)[C@H]2C[C@H](C)CC[C@@H]2C(C)C)cc1NC(=O)OC(C)(C)C. The molecule has 42 heavy (non-hydrogen) atoms. The van der Waals surface area contributed by atoms with Gasteiger partial charge in [-0.2, -0.15) is 0 Å². The van der Waals surface area contributed by atoms with Crippen LogP contribution >= 0.6 is 0 Å². The van der Waals surface area contributed by atoms with E-state index in [1.54, 1.807) is 39.0 Å². The van der Waals surface area contributed by atoms with Gasteiger partial charge in [-0.05, 0) is 74.6 Å². The van der Waals surface area contributed by atoms with Crippen molar-refractivity contribution in [1.82, 2.24) is 4.90 Å². The Morgan fingerprint density at radius 2 is 1.74 bits per heavy atom. The Kier molecular flexibility index (Phi) is 11.3. The van der Waals surface area contributed by atoms with E-state index >= 15 is 0 Å². The molecule has 0 saturated heterocycles. The van der Waals surface area contributed by atoms with E-state index in [1.165, 1.54) is 12.0 Å². The summed E-state index contributed by atoms with van der Waals surface area (Å²) in [6.07, 6.45) is 1.35. The molecule has 9 heteroatoms. The average molecular weight is 583 g/mol. The van der Waals surface area contributed by atoms with E-state index in [1.807, 2.05) is 30.3 Å². The second kappa shape index (κ2) is 14.4. The molecule has 0 heterocycles. The van der Waals surface area contributed by atoms with Gasteiger partial charge in [-0.1, -0.05) is 63.6 Å². The number of nitrogens with one attached hydrogen (secondary N) is 1. The molecular formula is C33H46N2O7. The first-order valence-corrected chi connectivity index (χ1v) is 14.7. The number of nitrogens with zero attached hydrogens (tertiary/aromatic N) is 1. The van der Waals surface area contributed by atoms with Gasteiger partial charge in [0.1, 0.15) is 24.0 Å². The van der Waals surface area contributed by atoms with Crippen molar-refractivity contribution in [3.63, 3.8) is 0 Å². The molecule has 2 aromatic carbocycles. The van der Waals surface area contributed by atoms with Gasteiger partial charge in [0.2, 0.25) is 0 Å². The molecule has 1 aliphatic rings. The number of hydrogen-bond donors (Lipinski definition) is 2. The lowest BCUT2D eigenvalue weighted by Gasteiger charge is -2.45. The molecule has 1 aliphatic carbocycles. The summed E-state index contributed by atoms with van der Waals surface area (Å²) < 4.78 is 16.6. The van der Waals surface area contributed by atoms with Gasteiger partial charge in [0, 0.05) is 12.5 Å². The Hall–Kier alpha value is -3.75. The number of ether oxygens (including phenoxy) is 3. The van der Waals surface area contributed by atoms with Crippen LogP contribution in [-0.2, 0) is 27.3 Å². The lowest BCUT2D eigenvalue weighted by atomic mass is 9.73. The number of rotatable bonds is 10. The van der Waals surface area contributed by atoms with Crippen molar-refractivity contribution in [2.24, 2.45) is 17.8 Å². The zero-order valence-corrected chi connectivity index (χ0v) is 25.9. The third kappa shape index (κ3) is 9.13. The van der Waals surface area contributed by atoms with Crippen molar-refractivity contribution < 1.29 is 33.7 Å². The smallest absolute Gasteiger partial charge is 0.412 e. The zero-order chi connectivity index (χ0) is 31.0. The largest absolute Gasteiger partial charge is 0.495 e. The number of carbonyl (C=O) groups is 3. The fraction of sp³-hybridized carbons (Fsp3) is 0.545. The molecule has 1 fully saturated rings. The highest BCUT2D eigenvalue weighted by molar-refractivity contribution is 5.87. The van der Waals surface area contributed by atoms with Gasteiger partial charge in [0.15, 0.2) is 0 Å². The van der Waals surface area contributed by atoms with Gasteiger partial charge >= 0.3 is 18.2 Å². The number of amides is 2. The lowest BCUT2D eigenvalue weighted by Crippen LogP contribution is -2.56. The van der Waals surface area contributed by atoms with E-state index in [0.29, 0.717) is 29.3 Å². The summed E-state index contributed by atoms with van der Waals surface area (Å²) in [5.74, 6) is 0.00973. The van der Waals surface area contributed by atoms with Crippen LogP contribution in [-0.4, -0.2) is 53.0 Å². The van der Waals surface area contributed by atoms with Crippen LogP contribution in [0.5, 0.6) is 5.75 Å². The van der Waals surface area contributed by atoms with Gasteiger partial charge in [-0.15, -0.1) is 0 Å². The highest BCUT2D eigenvalue weighted by Crippen LogP contribution is 2.38. The summed E-state index contributed by atoms with van der Waals surface area (Å²) in [4.78, 5) is 40.7. The molecule has 0 spiro atoms. The third-order valence-electron chi connectivity index (χ3n) is 7.71. The molecule has 2 N–H and O–H groups in total. The Morgan fingerprint density at radius 1 is 1.05 bits per heavy atom. The maximum atomic E-state index is 13.8. The van der Waals surface area contributed by atoms with E-state index in [2.05, 4.69) is 26.1 Å². The lowest BCUT2D eigenvalue weighted by molar-refractivity contribution is -0.144.